The Labute approximate surface area is 113 Å². The summed E-state index contributed by atoms with van der Waals surface area (Å²) in [5.74, 6) is -0.165. The Morgan fingerprint density at radius 2 is 1.94 bits per heavy atom. The largest absolute Gasteiger partial charge is 0.417 e. The van der Waals surface area contributed by atoms with E-state index in [1.807, 2.05) is 13.8 Å². The Morgan fingerprint density at radius 3 is 2.44 bits per heavy atom. The smallest absolute Gasteiger partial charge is 0.294 e. The van der Waals surface area contributed by atoms with Crippen molar-refractivity contribution in [1.29, 1.82) is 0 Å². The van der Waals surface area contributed by atoms with Gasteiger partial charge in [0.15, 0.2) is 5.78 Å². The standard InChI is InChI=1S/C13H14BrF3O/c1-8(2)3-6-12(18)10-5-4-9(14)7-11(10)13(15,16)17/h4-5,7-8H,3,6H2,1-2H3. The molecule has 1 aromatic rings. The van der Waals surface area contributed by atoms with Crippen LogP contribution in [0.4, 0.5) is 13.2 Å². The van der Waals surface area contributed by atoms with Gasteiger partial charge in [-0.1, -0.05) is 29.8 Å². The molecule has 0 spiro atoms. The van der Waals surface area contributed by atoms with Gasteiger partial charge in [0, 0.05) is 16.5 Å². The normalized spacial score (nSPS) is 11.9. The second kappa shape index (κ2) is 5.87. The van der Waals surface area contributed by atoms with Crippen molar-refractivity contribution in [3.63, 3.8) is 0 Å². The molecule has 0 heterocycles. The van der Waals surface area contributed by atoms with Gasteiger partial charge in [0.1, 0.15) is 0 Å². The molecule has 0 atom stereocenters. The minimum atomic E-state index is -4.51. The Morgan fingerprint density at radius 1 is 1.33 bits per heavy atom. The molecule has 1 nitrogen and oxygen atoms in total. The number of rotatable bonds is 4. The lowest BCUT2D eigenvalue weighted by molar-refractivity contribution is -0.138. The molecular formula is C13H14BrF3O. The third-order valence-corrected chi connectivity index (χ3v) is 3.03. The monoisotopic (exact) mass is 322 g/mol. The lowest BCUT2D eigenvalue weighted by Crippen LogP contribution is -2.13. The Bertz CT molecular complexity index is 438. The fourth-order valence-electron chi connectivity index (χ4n) is 1.55. The zero-order chi connectivity index (χ0) is 13.9. The Balaban J connectivity index is 3.05. The van der Waals surface area contributed by atoms with Gasteiger partial charge in [0.05, 0.1) is 5.56 Å². The van der Waals surface area contributed by atoms with Crippen LogP contribution in [-0.2, 0) is 6.18 Å². The van der Waals surface area contributed by atoms with E-state index in [0.717, 1.165) is 6.07 Å². The van der Waals surface area contributed by atoms with Crippen molar-refractivity contribution >= 4 is 21.7 Å². The summed E-state index contributed by atoms with van der Waals surface area (Å²) >= 11 is 2.99. The third kappa shape index (κ3) is 4.12. The van der Waals surface area contributed by atoms with Gasteiger partial charge in [-0.2, -0.15) is 13.2 Å². The summed E-state index contributed by atoms with van der Waals surface area (Å²) in [5.41, 5.74) is -1.11. The molecule has 0 N–H and O–H groups in total. The predicted molar refractivity (Wildman–Crippen MR) is 67.5 cm³/mol. The average Bonchev–Trinajstić information content (AvgIpc) is 2.24. The number of carbonyl (C=O) groups is 1. The van der Waals surface area contributed by atoms with Crippen LogP contribution in [-0.4, -0.2) is 5.78 Å². The number of halogens is 4. The molecule has 18 heavy (non-hydrogen) atoms. The maximum absolute atomic E-state index is 12.8. The van der Waals surface area contributed by atoms with E-state index in [4.69, 9.17) is 0 Å². The van der Waals surface area contributed by atoms with Crippen molar-refractivity contribution < 1.29 is 18.0 Å². The quantitative estimate of drug-likeness (QED) is 0.706. The van der Waals surface area contributed by atoms with Gasteiger partial charge in [-0.3, -0.25) is 4.79 Å². The lowest BCUT2D eigenvalue weighted by atomic mass is 9.97. The Kier molecular flexibility index (Phi) is 4.96. The van der Waals surface area contributed by atoms with Crippen LogP contribution in [0.2, 0.25) is 0 Å². The molecule has 0 fully saturated rings. The summed E-state index contributed by atoms with van der Waals surface area (Å²) in [4.78, 5) is 11.8. The molecule has 0 saturated heterocycles. The van der Waals surface area contributed by atoms with Crippen LogP contribution in [0.1, 0.15) is 42.6 Å². The summed E-state index contributed by atoms with van der Waals surface area (Å²) in [6.07, 6.45) is -3.78. The highest BCUT2D eigenvalue weighted by Gasteiger charge is 2.35. The van der Waals surface area contributed by atoms with Crippen molar-refractivity contribution in [2.45, 2.75) is 32.9 Å². The van der Waals surface area contributed by atoms with E-state index < -0.39 is 17.5 Å². The molecule has 0 aromatic heterocycles. The molecule has 0 unspecified atom stereocenters. The first-order valence-corrected chi connectivity index (χ1v) is 6.41. The van der Waals surface area contributed by atoms with Crippen LogP contribution in [0.15, 0.2) is 22.7 Å². The molecule has 0 amide bonds. The van der Waals surface area contributed by atoms with E-state index in [-0.39, 0.29) is 12.0 Å². The average molecular weight is 323 g/mol. The SMILES string of the molecule is CC(C)CCC(=O)c1ccc(Br)cc1C(F)(F)F. The molecule has 0 bridgehead atoms. The number of hydrogen-bond donors (Lipinski definition) is 0. The van der Waals surface area contributed by atoms with Crippen LogP contribution in [0.5, 0.6) is 0 Å². The first kappa shape index (κ1) is 15.2. The second-order valence-electron chi connectivity index (χ2n) is 4.54. The summed E-state index contributed by atoms with van der Waals surface area (Å²) in [6.45, 7) is 3.86. The molecule has 0 aliphatic rings. The molecule has 0 aliphatic heterocycles. The van der Waals surface area contributed by atoms with E-state index in [9.17, 15) is 18.0 Å². The molecule has 1 rings (SSSR count). The molecule has 0 aliphatic carbocycles. The van der Waals surface area contributed by atoms with Crippen LogP contribution < -0.4 is 0 Å². The number of Topliss-reactive ketones (excluding diaryl/α,β-unsaturated/α-hetero) is 1. The van der Waals surface area contributed by atoms with Crippen molar-refractivity contribution in [3.05, 3.63) is 33.8 Å². The topological polar surface area (TPSA) is 17.1 Å². The van der Waals surface area contributed by atoms with Crippen LogP contribution in [0.25, 0.3) is 0 Å². The summed E-state index contributed by atoms with van der Waals surface area (Å²) in [6, 6.07) is 3.63. The third-order valence-electron chi connectivity index (χ3n) is 2.54. The number of alkyl halides is 3. The highest BCUT2D eigenvalue weighted by atomic mass is 79.9. The molecule has 5 heteroatoms. The molecule has 0 saturated carbocycles. The van der Waals surface area contributed by atoms with Crippen LogP contribution in [0, 0.1) is 5.92 Å². The summed E-state index contributed by atoms with van der Waals surface area (Å²) in [7, 11) is 0. The van der Waals surface area contributed by atoms with Crippen LogP contribution in [0.3, 0.4) is 0 Å². The van der Waals surface area contributed by atoms with Gasteiger partial charge in [-0.15, -0.1) is 0 Å². The number of benzene rings is 1. The zero-order valence-corrected chi connectivity index (χ0v) is 11.7. The predicted octanol–water partition coefficient (Wildman–Crippen LogP) is 5.09. The van der Waals surface area contributed by atoms with Crippen molar-refractivity contribution in [2.75, 3.05) is 0 Å². The van der Waals surface area contributed by atoms with Crippen molar-refractivity contribution in [1.82, 2.24) is 0 Å². The minimum absolute atomic E-state index is 0.141. The van der Waals surface area contributed by atoms with E-state index in [1.54, 1.807) is 0 Å². The zero-order valence-electron chi connectivity index (χ0n) is 10.1. The van der Waals surface area contributed by atoms with E-state index in [1.165, 1.54) is 12.1 Å². The summed E-state index contributed by atoms with van der Waals surface area (Å²) < 4.78 is 38.8. The van der Waals surface area contributed by atoms with Crippen molar-refractivity contribution in [2.24, 2.45) is 5.92 Å². The first-order valence-electron chi connectivity index (χ1n) is 5.61. The fraction of sp³-hybridized carbons (Fsp3) is 0.462. The highest BCUT2D eigenvalue weighted by Crippen LogP contribution is 2.34. The van der Waals surface area contributed by atoms with Gasteiger partial charge < -0.3 is 0 Å². The highest BCUT2D eigenvalue weighted by molar-refractivity contribution is 9.10. The molecule has 1 aromatic carbocycles. The number of carbonyl (C=O) groups excluding carboxylic acids is 1. The minimum Gasteiger partial charge on any atom is -0.294 e. The number of ketones is 1. The van der Waals surface area contributed by atoms with Gasteiger partial charge >= 0.3 is 6.18 Å². The number of hydrogen-bond acceptors (Lipinski definition) is 1. The maximum Gasteiger partial charge on any atom is 0.417 e. The summed E-state index contributed by atoms with van der Waals surface area (Å²) in [5, 5.41) is 0. The molecular weight excluding hydrogens is 309 g/mol. The van der Waals surface area contributed by atoms with E-state index in [2.05, 4.69) is 15.9 Å². The van der Waals surface area contributed by atoms with Gasteiger partial charge in [0.2, 0.25) is 0 Å². The van der Waals surface area contributed by atoms with Gasteiger partial charge in [-0.25, -0.2) is 0 Å². The Hall–Kier alpha value is -0.840. The maximum atomic E-state index is 12.8. The van der Waals surface area contributed by atoms with E-state index in [0.29, 0.717) is 16.8 Å². The van der Waals surface area contributed by atoms with Gasteiger partial charge in [0.25, 0.3) is 0 Å². The fourth-order valence-corrected chi connectivity index (χ4v) is 1.91. The van der Waals surface area contributed by atoms with Crippen LogP contribution >= 0.6 is 15.9 Å². The van der Waals surface area contributed by atoms with Crippen molar-refractivity contribution in [3.8, 4) is 0 Å². The second-order valence-corrected chi connectivity index (χ2v) is 5.46. The van der Waals surface area contributed by atoms with Gasteiger partial charge in [-0.05, 0) is 30.5 Å². The molecule has 100 valence electrons. The van der Waals surface area contributed by atoms with E-state index >= 15 is 0 Å². The lowest BCUT2D eigenvalue weighted by Gasteiger charge is -2.13. The molecule has 0 radical (unpaired) electrons. The first-order chi connectivity index (χ1) is 8.21.